The van der Waals surface area contributed by atoms with Gasteiger partial charge < -0.3 is 15.7 Å². The molecule has 10 nitrogen and oxygen atoms in total. The number of amides is 2. The van der Waals surface area contributed by atoms with Crippen molar-refractivity contribution in [3.8, 4) is 0 Å². The van der Waals surface area contributed by atoms with Gasteiger partial charge in [0.25, 0.3) is 0 Å². The van der Waals surface area contributed by atoms with Crippen molar-refractivity contribution in [1.29, 1.82) is 0 Å². The Morgan fingerprint density at radius 1 is 1.15 bits per heavy atom. The van der Waals surface area contributed by atoms with Crippen LogP contribution in [0.5, 0.6) is 0 Å². The summed E-state index contributed by atoms with van der Waals surface area (Å²) in [6, 6.07) is 2.01. The lowest BCUT2D eigenvalue weighted by molar-refractivity contribution is -0.335. The highest BCUT2D eigenvalue weighted by molar-refractivity contribution is 6.43. The first-order valence-corrected chi connectivity index (χ1v) is 13.5. The fourth-order valence-electron chi connectivity index (χ4n) is 4.92. The molecule has 0 saturated heterocycles. The first-order chi connectivity index (χ1) is 18.6. The molecule has 39 heavy (non-hydrogen) atoms. The van der Waals surface area contributed by atoms with Crippen LogP contribution in [0.1, 0.15) is 62.2 Å². The number of hydrogen-bond donors (Lipinski definition) is 3. The topological polar surface area (TPSA) is 117 Å². The molecular weight excluding hydrogens is 500 g/mol. The van der Waals surface area contributed by atoms with Crippen molar-refractivity contribution < 1.29 is 23.5 Å². The van der Waals surface area contributed by atoms with Gasteiger partial charge >= 0.3 is 7.26 Å². The summed E-state index contributed by atoms with van der Waals surface area (Å²) in [6.45, 7) is 8.81. The molecule has 2 aromatic heterocycles. The molecule has 12 heteroatoms. The molecule has 0 fully saturated rings. The zero-order valence-corrected chi connectivity index (χ0v) is 23.2. The Hall–Kier alpha value is -3.54. The number of aliphatic hydroxyl groups excluding tert-OH is 1. The minimum Gasteiger partial charge on any atom is -0.396 e. The second-order valence-electron chi connectivity index (χ2n) is 11.1. The Labute approximate surface area is 228 Å². The van der Waals surface area contributed by atoms with Crippen LogP contribution in [0, 0.1) is 19.3 Å². The summed E-state index contributed by atoms with van der Waals surface area (Å²) in [7, 11) is -1.25. The first kappa shape index (κ1) is 28.5. The van der Waals surface area contributed by atoms with Crippen LogP contribution >= 0.6 is 0 Å². The van der Waals surface area contributed by atoms with Crippen LogP contribution in [0.2, 0.25) is 0 Å². The SMILES string of the molecule is Cc1cc(C)n2c1C=C1C=CC(CCCn3cc(CCNC(=O)CCNC(=O)CC(C)(C)CO)nn3)=[N+]1B2F. The molecule has 3 N–H and O–H groups in total. The van der Waals surface area contributed by atoms with Crippen molar-refractivity contribution in [1.82, 2.24) is 30.1 Å². The van der Waals surface area contributed by atoms with Crippen LogP contribution in [0.4, 0.5) is 4.32 Å². The van der Waals surface area contributed by atoms with E-state index in [4.69, 9.17) is 0 Å². The average Bonchev–Trinajstić information content (AvgIpc) is 3.57. The number of allylic oxidation sites excluding steroid dienone is 2. The number of halogens is 1. The number of aryl methyl sites for hydroxylation is 3. The molecule has 0 radical (unpaired) electrons. The average molecular weight is 538 g/mol. The second kappa shape index (κ2) is 12.1. The largest absolute Gasteiger partial charge is 0.846 e. The molecule has 0 unspecified atom stereocenters. The van der Waals surface area contributed by atoms with E-state index in [0.717, 1.165) is 40.5 Å². The van der Waals surface area contributed by atoms with Gasteiger partial charge in [-0.05, 0) is 37.3 Å². The van der Waals surface area contributed by atoms with Crippen molar-refractivity contribution in [3.05, 3.63) is 52.8 Å². The van der Waals surface area contributed by atoms with E-state index in [9.17, 15) is 14.7 Å². The third-order valence-electron chi connectivity index (χ3n) is 7.06. The molecule has 0 saturated carbocycles. The fourth-order valence-corrected chi connectivity index (χ4v) is 4.92. The summed E-state index contributed by atoms with van der Waals surface area (Å²) < 4.78 is 20.7. The van der Waals surface area contributed by atoms with Gasteiger partial charge in [-0.3, -0.25) is 18.7 Å². The van der Waals surface area contributed by atoms with Gasteiger partial charge in [0.05, 0.1) is 5.69 Å². The lowest BCUT2D eigenvalue weighted by Crippen LogP contribution is -2.39. The molecule has 0 aliphatic carbocycles. The predicted molar refractivity (Wildman–Crippen MR) is 148 cm³/mol. The Morgan fingerprint density at radius 2 is 1.92 bits per heavy atom. The number of aromatic nitrogens is 4. The van der Waals surface area contributed by atoms with Crippen molar-refractivity contribution in [2.24, 2.45) is 5.41 Å². The number of fused-ring (bicyclic) bond motifs is 2. The monoisotopic (exact) mass is 538 g/mol. The van der Waals surface area contributed by atoms with Crippen molar-refractivity contribution >= 4 is 30.9 Å². The zero-order valence-electron chi connectivity index (χ0n) is 23.2. The summed E-state index contributed by atoms with van der Waals surface area (Å²) in [5, 5.41) is 23.2. The maximum Gasteiger partial charge on any atom is 0.846 e. The van der Waals surface area contributed by atoms with Gasteiger partial charge in [0, 0.05) is 87.7 Å². The molecule has 208 valence electrons. The normalized spacial score (nSPS) is 14.4. The van der Waals surface area contributed by atoms with E-state index in [-0.39, 0.29) is 37.8 Å². The Bertz CT molecular complexity index is 1320. The van der Waals surface area contributed by atoms with E-state index in [0.29, 0.717) is 25.9 Å². The van der Waals surface area contributed by atoms with Crippen LogP contribution in [-0.4, -0.2) is 73.5 Å². The van der Waals surface area contributed by atoms with Crippen LogP contribution in [0.3, 0.4) is 0 Å². The molecule has 2 aliphatic rings. The molecule has 0 aromatic carbocycles. The smallest absolute Gasteiger partial charge is 0.396 e. The molecule has 4 rings (SSSR count). The fraction of sp³-hybridized carbons (Fsp3) is 0.519. The van der Waals surface area contributed by atoms with Crippen LogP contribution in [-0.2, 0) is 22.6 Å². The molecule has 0 bridgehead atoms. The standard InChI is InChI=1S/C27H37BFN7O3/c1-19-14-20(2)35-24(19)15-23-8-7-22(36(23)28(35)29)6-5-13-34-17-21(32-33-34)9-11-30-25(38)10-12-31-26(39)16-27(3,4)18-37/h7-8,14-15,17,37H,5-6,9-13,16,18H2,1-4H3,(H-,30,31,38,39)/p+1. The van der Waals surface area contributed by atoms with Crippen molar-refractivity contribution in [3.63, 3.8) is 0 Å². The van der Waals surface area contributed by atoms with Gasteiger partial charge in [0.2, 0.25) is 11.8 Å². The Morgan fingerprint density at radius 3 is 2.69 bits per heavy atom. The van der Waals surface area contributed by atoms with E-state index in [1.165, 1.54) is 0 Å². The maximum absolute atomic E-state index is 15.5. The maximum atomic E-state index is 15.5. The molecule has 0 atom stereocenters. The van der Waals surface area contributed by atoms with Crippen molar-refractivity contribution in [2.75, 3.05) is 19.7 Å². The molecule has 0 spiro atoms. The minimum absolute atomic E-state index is 0.0754. The number of nitrogens with one attached hydrogen (secondary N) is 2. The highest BCUT2D eigenvalue weighted by Gasteiger charge is 2.47. The molecule has 2 amide bonds. The predicted octanol–water partition coefficient (Wildman–Crippen LogP) is 1.93. The zero-order chi connectivity index (χ0) is 28.2. The number of carbonyl (C=O) groups is 2. The lowest BCUT2D eigenvalue weighted by Gasteiger charge is -2.20. The van der Waals surface area contributed by atoms with Crippen LogP contribution in [0.15, 0.2) is 30.1 Å². The Kier molecular flexibility index (Phi) is 8.84. The minimum atomic E-state index is -1.25. The number of carbonyl (C=O) groups excluding carboxylic acids is 2. The van der Waals surface area contributed by atoms with E-state index in [2.05, 4.69) is 20.9 Å². The van der Waals surface area contributed by atoms with Gasteiger partial charge in [-0.15, -0.1) is 5.10 Å². The number of rotatable bonds is 13. The van der Waals surface area contributed by atoms with Gasteiger partial charge in [-0.2, -0.15) is 0 Å². The van der Waals surface area contributed by atoms with Gasteiger partial charge in [0.1, 0.15) is 0 Å². The molecule has 2 aromatic rings. The van der Waals surface area contributed by atoms with Crippen LogP contribution in [0.25, 0.3) is 6.08 Å². The summed E-state index contributed by atoms with van der Waals surface area (Å²) in [5.41, 5.74) is 5.04. The van der Waals surface area contributed by atoms with Crippen molar-refractivity contribution in [2.45, 2.75) is 66.3 Å². The van der Waals surface area contributed by atoms with Crippen LogP contribution < -0.4 is 10.6 Å². The second-order valence-corrected chi connectivity index (χ2v) is 11.1. The number of hydrogen-bond acceptors (Lipinski definition) is 5. The van der Waals surface area contributed by atoms with Gasteiger partial charge in [-0.1, -0.05) is 19.1 Å². The van der Waals surface area contributed by atoms with Gasteiger partial charge in [0.15, 0.2) is 11.4 Å². The summed E-state index contributed by atoms with van der Waals surface area (Å²) in [5.74, 6) is -0.334. The quantitative estimate of drug-likeness (QED) is 0.337. The summed E-state index contributed by atoms with van der Waals surface area (Å²) >= 11 is 0. The first-order valence-electron chi connectivity index (χ1n) is 13.5. The summed E-state index contributed by atoms with van der Waals surface area (Å²) in [4.78, 5) is 23.9. The highest BCUT2D eigenvalue weighted by Crippen LogP contribution is 2.28. The van der Waals surface area contributed by atoms with E-state index in [1.807, 2.05) is 58.2 Å². The van der Waals surface area contributed by atoms with Gasteiger partial charge in [-0.25, -0.2) is 8.80 Å². The number of aliphatic hydroxyl groups is 1. The molecule has 4 heterocycles. The lowest BCUT2D eigenvalue weighted by atomic mass is 9.90. The van der Waals surface area contributed by atoms with E-state index in [1.54, 1.807) is 13.6 Å². The highest BCUT2D eigenvalue weighted by atomic mass is 19.1. The number of nitrogens with zero attached hydrogens (tertiary/aromatic N) is 5. The third-order valence-corrected chi connectivity index (χ3v) is 7.06. The van der Waals surface area contributed by atoms with E-state index < -0.39 is 12.7 Å². The summed E-state index contributed by atoms with van der Waals surface area (Å²) in [6.07, 6.45) is 10.3. The molecule has 2 aliphatic heterocycles. The third kappa shape index (κ3) is 6.92. The molecular formula is C27H38BFN7O3+. The van der Waals surface area contributed by atoms with E-state index >= 15 is 4.32 Å². The Balaban J connectivity index is 1.17.